The van der Waals surface area contributed by atoms with E-state index in [1.807, 2.05) is 0 Å². The Balaban J connectivity index is 0.000000970. The topological polar surface area (TPSA) is 64.2 Å². The van der Waals surface area contributed by atoms with Gasteiger partial charge in [0.1, 0.15) is 5.41 Å². The number of nitrogens with zero attached hydrogens (tertiary/aromatic N) is 1. The molecule has 2 rings (SSSR count). The van der Waals surface area contributed by atoms with Crippen LogP contribution in [0.1, 0.15) is 17.5 Å². The fourth-order valence-corrected chi connectivity index (χ4v) is 2.44. The molecule has 1 aliphatic carbocycles. The lowest BCUT2D eigenvalue weighted by Crippen LogP contribution is -2.43. The van der Waals surface area contributed by atoms with Crippen molar-refractivity contribution in [1.29, 1.82) is 5.26 Å². The Kier molecular flexibility index (Phi) is 6.45. The molecule has 10 heteroatoms. The summed E-state index contributed by atoms with van der Waals surface area (Å²) in [5.41, 5.74) is -4.91. The van der Waals surface area contributed by atoms with Crippen LogP contribution in [-0.2, 0) is 5.41 Å². The molecule has 1 aromatic rings. The van der Waals surface area contributed by atoms with E-state index in [2.05, 4.69) is 0 Å². The summed E-state index contributed by atoms with van der Waals surface area (Å²) in [7, 11) is -0.750. The second-order valence-corrected chi connectivity index (χ2v) is 4.99. The minimum Gasteiger partial charge on any atom is -0.430 e. The van der Waals surface area contributed by atoms with Crippen molar-refractivity contribution in [3.8, 4) is 6.07 Å². The molecule has 2 N–H and O–H groups in total. The monoisotopic (exact) mass is 363 g/mol. The number of hydrogen-bond acceptors (Lipinski definition) is 3. The highest BCUT2D eigenvalue weighted by atomic mass is 19.4. The van der Waals surface area contributed by atoms with Gasteiger partial charge in [0.25, 0.3) is 0 Å². The van der Waals surface area contributed by atoms with Crippen LogP contribution in [0.2, 0.25) is 0 Å². The molecule has 0 fully saturated rings. The third-order valence-corrected chi connectivity index (χ3v) is 3.55. The summed E-state index contributed by atoms with van der Waals surface area (Å²) in [6.07, 6.45) is -9.06. The van der Waals surface area contributed by atoms with Gasteiger partial charge in [-0.3, -0.25) is 0 Å². The second kappa shape index (κ2) is 7.76. The average molecular weight is 363 g/mol. The summed E-state index contributed by atoms with van der Waals surface area (Å²) in [6, 6.07) is 6.43. The van der Waals surface area contributed by atoms with Gasteiger partial charge in [-0.15, -0.1) is 0 Å². The van der Waals surface area contributed by atoms with Gasteiger partial charge in [0.15, 0.2) is 0 Å². The summed E-state index contributed by atoms with van der Waals surface area (Å²) in [5.74, 6) is 0. The molecule has 0 bridgehead atoms. The minimum absolute atomic E-state index is 0.298. The second-order valence-electron chi connectivity index (χ2n) is 4.99. The predicted octanol–water partition coefficient (Wildman–Crippen LogP) is 3.04. The van der Waals surface area contributed by atoms with Crippen LogP contribution < -0.4 is 0 Å². The van der Waals surface area contributed by atoms with Crippen LogP contribution in [0.4, 0.5) is 26.3 Å². The van der Waals surface area contributed by atoms with Crippen molar-refractivity contribution in [3.63, 3.8) is 0 Å². The lowest BCUT2D eigenvalue weighted by Gasteiger charge is -2.37. The van der Waals surface area contributed by atoms with Crippen LogP contribution >= 0.6 is 0 Å². The van der Waals surface area contributed by atoms with E-state index in [0.717, 1.165) is 18.2 Å². The van der Waals surface area contributed by atoms with Crippen molar-refractivity contribution in [3.05, 3.63) is 59.2 Å². The zero-order valence-corrected chi connectivity index (χ0v) is 12.6. The van der Waals surface area contributed by atoms with Crippen molar-refractivity contribution in [2.45, 2.75) is 24.2 Å². The molecule has 1 unspecified atom stereocenters. The molecule has 0 aliphatic heterocycles. The summed E-state index contributed by atoms with van der Waals surface area (Å²) in [4.78, 5) is 0. The molecule has 0 amide bonds. The largest absolute Gasteiger partial charge is 0.432 e. The molecule has 0 radical (unpaired) electrons. The van der Waals surface area contributed by atoms with E-state index in [9.17, 15) is 26.3 Å². The lowest BCUT2D eigenvalue weighted by molar-refractivity contribution is -0.180. The Labute approximate surface area is 139 Å². The van der Waals surface area contributed by atoms with Crippen molar-refractivity contribution < 1.29 is 36.4 Å². The molecule has 0 aromatic heterocycles. The molecule has 0 saturated carbocycles. The SMILES string of the molecule is N#Cc1ccccc1C1(C(F)(F)F)C=CC=C(C(F)(F)F)C1.OBO. The first-order valence-electron chi connectivity index (χ1n) is 6.77. The Morgan fingerprint density at radius 1 is 1.08 bits per heavy atom. The van der Waals surface area contributed by atoms with E-state index in [1.54, 1.807) is 6.07 Å². The third-order valence-electron chi connectivity index (χ3n) is 3.55. The minimum atomic E-state index is -4.97. The zero-order chi connectivity index (χ0) is 19.3. The van der Waals surface area contributed by atoms with Crippen LogP contribution in [0.25, 0.3) is 0 Å². The van der Waals surface area contributed by atoms with Crippen molar-refractivity contribution in [2.24, 2.45) is 0 Å². The van der Waals surface area contributed by atoms with E-state index in [1.165, 1.54) is 12.1 Å². The maximum atomic E-state index is 13.6. The highest BCUT2D eigenvalue weighted by Gasteiger charge is 2.58. The van der Waals surface area contributed by atoms with Crippen LogP contribution in [0, 0.1) is 11.3 Å². The molecule has 3 nitrogen and oxygen atoms in total. The highest BCUT2D eigenvalue weighted by molar-refractivity contribution is 6.13. The summed E-state index contributed by atoms with van der Waals surface area (Å²) >= 11 is 0. The van der Waals surface area contributed by atoms with Gasteiger partial charge in [-0.1, -0.05) is 36.4 Å². The fraction of sp³-hybridized carbons (Fsp3) is 0.267. The van der Waals surface area contributed by atoms with E-state index in [4.69, 9.17) is 15.3 Å². The third kappa shape index (κ3) is 4.43. The van der Waals surface area contributed by atoms with Crippen molar-refractivity contribution in [1.82, 2.24) is 0 Å². The van der Waals surface area contributed by atoms with Crippen molar-refractivity contribution in [2.75, 3.05) is 0 Å². The number of alkyl halides is 6. The van der Waals surface area contributed by atoms with Gasteiger partial charge in [-0.25, -0.2) is 0 Å². The van der Waals surface area contributed by atoms with E-state index < -0.39 is 43.0 Å². The van der Waals surface area contributed by atoms with Gasteiger partial charge in [-0.05, 0) is 18.1 Å². The highest BCUT2D eigenvalue weighted by Crippen LogP contribution is 2.51. The Morgan fingerprint density at radius 3 is 2.12 bits per heavy atom. The number of allylic oxidation sites excluding steroid dienone is 4. The summed E-state index contributed by atoms with van der Waals surface area (Å²) in [6.45, 7) is 0. The molecular formula is C15H12BF6NO2. The quantitative estimate of drug-likeness (QED) is 0.596. The first-order valence-corrected chi connectivity index (χ1v) is 6.77. The molecule has 1 atom stereocenters. The fourth-order valence-electron chi connectivity index (χ4n) is 2.44. The maximum absolute atomic E-state index is 13.6. The number of rotatable bonds is 1. The number of halogens is 6. The van der Waals surface area contributed by atoms with Crippen LogP contribution in [0.15, 0.2) is 48.1 Å². The normalized spacial score (nSPS) is 20.0. The molecule has 1 aliphatic rings. The van der Waals surface area contributed by atoms with Gasteiger partial charge in [0, 0.05) is 5.57 Å². The number of hydrogen-bond donors (Lipinski definition) is 2. The van der Waals surface area contributed by atoms with Crippen LogP contribution in [0.3, 0.4) is 0 Å². The van der Waals surface area contributed by atoms with E-state index in [-0.39, 0.29) is 5.56 Å². The molecule has 0 saturated heterocycles. The van der Waals surface area contributed by atoms with Gasteiger partial charge < -0.3 is 10.0 Å². The van der Waals surface area contributed by atoms with Gasteiger partial charge in [-0.2, -0.15) is 31.6 Å². The molecule has 134 valence electrons. The predicted molar refractivity (Wildman–Crippen MR) is 78.4 cm³/mol. The first kappa shape index (κ1) is 20.8. The Morgan fingerprint density at radius 2 is 1.64 bits per heavy atom. The van der Waals surface area contributed by atoms with E-state index in [0.29, 0.717) is 12.2 Å². The Bertz CT molecular complexity index is 705. The number of nitriles is 1. The zero-order valence-electron chi connectivity index (χ0n) is 12.6. The first-order chi connectivity index (χ1) is 11.5. The molecule has 0 heterocycles. The summed E-state index contributed by atoms with van der Waals surface area (Å²) in [5, 5.41) is 23.2. The van der Waals surface area contributed by atoms with Gasteiger partial charge >= 0.3 is 20.0 Å². The molecule has 1 aromatic carbocycles. The van der Waals surface area contributed by atoms with Crippen LogP contribution in [0.5, 0.6) is 0 Å². The van der Waals surface area contributed by atoms with Gasteiger partial charge in [0.05, 0.1) is 11.6 Å². The lowest BCUT2D eigenvalue weighted by atomic mass is 9.70. The maximum Gasteiger partial charge on any atom is 0.432 e. The molecule has 25 heavy (non-hydrogen) atoms. The average Bonchev–Trinajstić information content (AvgIpc) is 2.53. The van der Waals surface area contributed by atoms with E-state index >= 15 is 0 Å². The summed E-state index contributed by atoms with van der Waals surface area (Å²) < 4.78 is 79.3. The Hall–Kier alpha value is -2.25. The standard InChI is InChI=1S/C15H9F6N.BH3O2/c16-14(17,18)11-5-3-7-13(8-11,15(19,20)21)12-6-2-1-4-10(12)9-22;2-1-3/h1-7H,8H2;1-3H. The smallest absolute Gasteiger partial charge is 0.430 e. The number of benzene rings is 1. The van der Waals surface area contributed by atoms with Crippen molar-refractivity contribution >= 4 is 7.69 Å². The van der Waals surface area contributed by atoms with Gasteiger partial charge in [0.2, 0.25) is 0 Å². The van der Waals surface area contributed by atoms with Crippen LogP contribution in [-0.4, -0.2) is 30.1 Å². The molecule has 0 spiro atoms. The molecular weight excluding hydrogens is 351 g/mol.